The number of ether oxygens (including phenoxy) is 1. The first-order valence-electron chi connectivity index (χ1n) is 4.76. The summed E-state index contributed by atoms with van der Waals surface area (Å²) >= 11 is 0. The summed E-state index contributed by atoms with van der Waals surface area (Å²) in [7, 11) is 0. The average molecular weight is 207 g/mol. The molecule has 1 aromatic rings. The van der Waals surface area contributed by atoms with Crippen LogP contribution >= 0.6 is 0 Å². The molecular weight excluding hydrogens is 193 g/mol. The maximum Gasteiger partial charge on any atom is 0.127 e. The molecule has 1 rings (SSSR count). The van der Waals surface area contributed by atoms with Gasteiger partial charge >= 0.3 is 0 Å². The molecule has 0 aliphatic heterocycles. The maximum absolute atomic E-state index is 13.0. The van der Waals surface area contributed by atoms with Crippen LogP contribution in [0.25, 0.3) is 0 Å². The number of terminal acetylenes is 1. The van der Waals surface area contributed by atoms with E-state index in [1.54, 1.807) is 6.07 Å². The quantitative estimate of drug-likeness (QED) is 0.607. The molecule has 0 saturated heterocycles. The summed E-state index contributed by atoms with van der Waals surface area (Å²) in [5, 5.41) is 0. The third-order valence-corrected chi connectivity index (χ3v) is 1.97. The molecule has 0 spiro atoms. The molecule has 2 nitrogen and oxygen atoms in total. The van der Waals surface area contributed by atoms with Crippen molar-refractivity contribution < 1.29 is 9.13 Å². The predicted octanol–water partition coefficient (Wildman–Crippen LogP) is 2.25. The van der Waals surface area contributed by atoms with Gasteiger partial charge in [-0.25, -0.2) is 4.39 Å². The van der Waals surface area contributed by atoms with Gasteiger partial charge in [-0.2, -0.15) is 0 Å². The normalized spacial score (nSPS) is 11.9. The highest BCUT2D eigenvalue weighted by atomic mass is 19.1. The molecule has 0 radical (unpaired) electrons. The minimum Gasteiger partial charge on any atom is -0.492 e. The van der Waals surface area contributed by atoms with Crippen molar-refractivity contribution in [1.82, 2.24) is 0 Å². The van der Waals surface area contributed by atoms with Gasteiger partial charge in [-0.05, 0) is 13.0 Å². The minimum absolute atomic E-state index is 0.188. The minimum atomic E-state index is -0.338. The van der Waals surface area contributed by atoms with Gasteiger partial charge in [0.1, 0.15) is 11.6 Å². The second-order valence-corrected chi connectivity index (χ2v) is 3.27. The summed E-state index contributed by atoms with van der Waals surface area (Å²) in [6.07, 6.45) is 5.59. The van der Waals surface area contributed by atoms with Crippen molar-refractivity contribution in [2.24, 2.45) is 5.73 Å². The molecule has 0 saturated carbocycles. The molecule has 0 fully saturated rings. The van der Waals surface area contributed by atoms with E-state index in [2.05, 4.69) is 5.92 Å². The van der Waals surface area contributed by atoms with Gasteiger partial charge in [0.05, 0.1) is 6.61 Å². The van der Waals surface area contributed by atoms with Crippen LogP contribution in [0, 0.1) is 18.2 Å². The SMILES string of the molecule is C#CCCOc1cc(F)ccc1[C@@H](C)N. The second-order valence-electron chi connectivity index (χ2n) is 3.27. The Hall–Kier alpha value is -1.53. The van der Waals surface area contributed by atoms with Crippen molar-refractivity contribution in [2.75, 3.05) is 6.61 Å². The van der Waals surface area contributed by atoms with Crippen LogP contribution in [0.1, 0.15) is 24.9 Å². The largest absolute Gasteiger partial charge is 0.492 e. The van der Waals surface area contributed by atoms with Gasteiger partial charge in [0.15, 0.2) is 0 Å². The highest BCUT2D eigenvalue weighted by Crippen LogP contribution is 2.24. The molecule has 0 aliphatic rings. The molecule has 0 aliphatic carbocycles. The summed E-state index contributed by atoms with van der Waals surface area (Å²) in [5.41, 5.74) is 6.51. The Bertz CT molecular complexity index is 368. The van der Waals surface area contributed by atoms with Gasteiger partial charge in [0.2, 0.25) is 0 Å². The number of halogens is 1. The molecule has 80 valence electrons. The first-order chi connectivity index (χ1) is 7.15. The van der Waals surface area contributed by atoms with Crippen LogP contribution in [0.5, 0.6) is 5.75 Å². The van der Waals surface area contributed by atoms with E-state index in [0.29, 0.717) is 18.8 Å². The van der Waals surface area contributed by atoms with Crippen molar-refractivity contribution in [2.45, 2.75) is 19.4 Å². The van der Waals surface area contributed by atoms with Crippen LogP contribution in [0.15, 0.2) is 18.2 Å². The zero-order chi connectivity index (χ0) is 11.3. The number of rotatable bonds is 4. The lowest BCUT2D eigenvalue weighted by Crippen LogP contribution is -2.08. The predicted molar refractivity (Wildman–Crippen MR) is 57.9 cm³/mol. The number of benzene rings is 1. The average Bonchev–Trinajstić information content (AvgIpc) is 2.18. The third-order valence-electron chi connectivity index (χ3n) is 1.97. The summed E-state index contributed by atoms with van der Waals surface area (Å²) in [6.45, 7) is 2.20. The van der Waals surface area contributed by atoms with Gasteiger partial charge in [0, 0.05) is 24.1 Å². The fourth-order valence-corrected chi connectivity index (χ4v) is 1.23. The van der Waals surface area contributed by atoms with E-state index >= 15 is 0 Å². The zero-order valence-electron chi connectivity index (χ0n) is 8.66. The van der Waals surface area contributed by atoms with Gasteiger partial charge < -0.3 is 10.5 Å². The van der Waals surface area contributed by atoms with E-state index in [0.717, 1.165) is 5.56 Å². The van der Waals surface area contributed by atoms with E-state index in [-0.39, 0.29) is 11.9 Å². The second kappa shape index (κ2) is 5.38. The van der Waals surface area contributed by atoms with Crippen LogP contribution in [0.3, 0.4) is 0 Å². The number of nitrogens with two attached hydrogens (primary N) is 1. The fourth-order valence-electron chi connectivity index (χ4n) is 1.23. The third kappa shape index (κ3) is 3.26. The van der Waals surface area contributed by atoms with E-state index in [1.165, 1.54) is 12.1 Å². The van der Waals surface area contributed by atoms with Crippen LogP contribution in [-0.4, -0.2) is 6.61 Å². The summed E-state index contributed by atoms with van der Waals surface area (Å²) < 4.78 is 18.3. The molecule has 0 amide bonds. The van der Waals surface area contributed by atoms with E-state index in [9.17, 15) is 4.39 Å². The van der Waals surface area contributed by atoms with Crippen molar-refractivity contribution in [1.29, 1.82) is 0 Å². The number of hydrogen-bond donors (Lipinski definition) is 1. The lowest BCUT2D eigenvalue weighted by Gasteiger charge is -2.13. The maximum atomic E-state index is 13.0. The topological polar surface area (TPSA) is 35.2 Å². The highest BCUT2D eigenvalue weighted by Gasteiger charge is 2.08. The van der Waals surface area contributed by atoms with Crippen molar-refractivity contribution in [3.63, 3.8) is 0 Å². The number of hydrogen-bond acceptors (Lipinski definition) is 2. The smallest absolute Gasteiger partial charge is 0.127 e. The molecule has 0 bridgehead atoms. The van der Waals surface area contributed by atoms with Crippen LogP contribution in [0.2, 0.25) is 0 Å². The molecule has 0 aromatic heterocycles. The summed E-state index contributed by atoms with van der Waals surface area (Å²) in [4.78, 5) is 0. The first-order valence-corrected chi connectivity index (χ1v) is 4.76. The Morgan fingerprint density at radius 1 is 1.60 bits per heavy atom. The zero-order valence-corrected chi connectivity index (χ0v) is 8.66. The van der Waals surface area contributed by atoms with Gasteiger partial charge in [-0.15, -0.1) is 12.3 Å². The van der Waals surface area contributed by atoms with Crippen molar-refractivity contribution >= 4 is 0 Å². The van der Waals surface area contributed by atoms with Gasteiger partial charge in [0.25, 0.3) is 0 Å². The van der Waals surface area contributed by atoms with Crippen LogP contribution in [0.4, 0.5) is 4.39 Å². The lowest BCUT2D eigenvalue weighted by atomic mass is 10.1. The van der Waals surface area contributed by atoms with E-state index < -0.39 is 0 Å². The summed E-state index contributed by atoms with van der Waals surface area (Å²) in [5.74, 6) is 2.59. The Kier molecular flexibility index (Phi) is 4.14. The molecule has 1 atom stereocenters. The Balaban J connectivity index is 2.83. The molecule has 2 N–H and O–H groups in total. The highest BCUT2D eigenvalue weighted by molar-refractivity contribution is 5.36. The summed E-state index contributed by atoms with van der Waals surface area (Å²) in [6, 6.07) is 4.14. The molecular formula is C12H14FNO. The lowest BCUT2D eigenvalue weighted by molar-refractivity contribution is 0.320. The monoisotopic (exact) mass is 207 g/mol. The molecule has 1 aromatic carbocycles. The van der Waals surface area contributed by atoms with Gasteiger partial charge in [-0.3, -0.25) is 0 Å². The van der Waals surface area contributed by atoms with E-state index in [1.807, 2.05) is 6.92 Å². The Morgan fingerprint density at radius 3 is 2.93 bits per heavy atom. The molecule has 0 unspecified atom stereocenters. The van der Waals surface area contributed by atoms with Crippen LogP contribution < -0.4 is 10.5 Å². The van der Waals surface area contributed by atoms with E-state index in [4.69, 9.17) is 16.9 Å². The molecule has 3 heteroatoms. The Labute approximate surface area is 89.2 Å². The molecule has 15 heavy (non-hydrogen) atoms. The van der Waals surface area contributed by atoms with Crippen molar-refractivity contribution in [3.05, 3.63) is 29.6 Å². The molecule has 0 heterocycles. The van der Waals surface area contributed by atoms with Crippen LogP contribution in [-0.2, 0) is 0 Å². The first kappa shape index (κ1) is 11.5. The van der Waals surface area contributed by atoms with Gasteiger partial charge in [-0.1, -0.05) is 6.07 Å². The standard InChI is InChI=1S/C12H14FNO/c1-3-4-7-15-12-8-10(13)5-6-11(12)9(2)14/h1,5-6,8-9H,4,7,14H2,2H3/t9-/m1/s1. The fraction of sp³-hybridized carbons (Fsp3) is 0.333. The Morgan fingerprint density at radius 2 is 2.33 bits per heavy atom. The van der Waals surface area contributed by atoms with Crippen molar-refractivity contribution in [3.8, 4) is 18.1 Å².